The second kappa shape index (κ2) is 6.63. The van der Waals surface area contributed by atoms with Gasteiger partial charge >= 0.3 is 6.01 Å². The smallest absolute Gasteiger partial charge is 0.322 e. The van der Waals surface area contributed by atoms with Crippen molar-refractivity contribution in [2.45, 2.75) is 26.8 Å². The van der Waals surface area contributed by atoms with Gasteiger partial charge in [-0.25, -0.2) is 4.98 Å². The Kier molecular flexibility index (Phi) is 4.86. The van der Waals surface area contributed by atoms with Gasteiger partial charge in [-0.05, 0) is 24.9 Å². The minimum atomic E-state index is 0.115. The molecule has 8 heteroatoms. The molecule has 0 aliphatic heterocycles. The van der Waals surface area contributed by atoms with Crippen molar-refractivity contribution in [2.24, 2.45) is 0 Å². The molecule has 2 aromatic heterocycles. The highest BCUT2D eigenvalue weighted by Crippen LogP contribution is 2.15. The van der Waals surface area contributed by atoms with Crippen LogP contribution in [0.5, 0.6) is 6.01 Å². The molecule has 6 nitrogen and oxygen atoms in total. The Morgan fingerprint density at radius 2 is 2.21 bits per heavy atom. The highest BCUT2D eigenvalue weighted by Gasteiger charge is 2.06. The van der Waals surface area contributed by atoms with Crippen molar-refractivity contribution in [1.29, 1.82) is 0 Å². The van der Waals surface area contributed by atoms with Gasteiger partial charge in [0, 0.05) is 11.1 Å². The molecule has 19 heavy (non-hydrogen) atoms. The van der Waals surface area contributed by atoms with Crippen LogP contribution < -0.4 is 10.1 Å². The quantitative estimate of drug-likeness (QED) is 0.884. The minimum absolute atomic E-state index is 0.115. The van der Waals surface area contributed by atoms with Crippen LogP contribution in [0, 0.1) is 6.92 Å². The maximum Gasteiger partial charge on any atom is 0.322 e. The zero-order valence-corrected chi connectivity index (χ0v) is 12.3. The molecule has 0 spiro atoms. The zero-order chi connectivity index (χ0) is 13.7. The number of rotatable bonds is 6. The first-order valence-electron chi connectivity index (χ1n) is 5.87. The Hall–Kier alpha value is -1.47. The predicted octanol–water partition coefficient (Wildman–Crippen LogP) is 2.69. The molecule has 0 aliphatic carbocycles. The number of hydrogen-bond acceptors (Lipinski definition) is 7. The second-order valence-electron chi connectivity index (χ2n) is 3.76. The number of ether oxygens (including phenoxy) is 1. The third-order valence-corrected chi connectivity index (χ3v) is 3.19. The second-order valence-corrected chi connectivity index (χ2v) is 5.42. The third kappa shape index (κ3) is 4.29. The summed E-state index contributed by atoms with van der Waals surface area (Å²) in [6.45, 7) is 5.12. The van der Waals surface area contributed by atoms with Crippen LogP contribution in [-0.4, -0.2) is 26.5 Å². The largest absolute Gasteiger partial charge is 0.463 e. The van der Waals surface area contributed by atoms with Gasteiger partial charge in [-0.2, -0.15) is 15.0 Å². The molecule has 0 fully saturated rings. The van der Waals surface area contributed by atoms with E-state index in [2.05, 4.69) is 25.3 Å². The number of halogens is 1. The standard InChI is InChI=1S/C11H14ClN5OS/c1-3-4-18-11-16-9(12)15-10(17-11)14-6-8-5-13-7(2)19-8/h5H,3-4,6H2,1-2H3,(H,14,15,16,17). The maximum atomic E-state index is 5.82. The van der Waals surface area contributed by atoms with Crippen LogP contribution in [0.2, 0.25) is 5.28 Å². The van der Waals surface area contributed by atoms with Gasteiger partial charge in [-0.15, -0.1) is 11.3 Å². The maximum absolute atomic E-state index is 5.82. The van der Waals surface area contributed by atoms with E-state index >= 15 is 0 Å². The third-order valence-electron chi connectivity index (χ3n) is 2.11. The predicted molar refractivity (Wildman–Crippen MR) is 74.8 cm³/mol. The van der Waals surface area contributed by atoms with E-state index in [0.717, 1.165) is 16.3 Å². The van der Waals surface area contributed by atoms with E-state index < -0.39 is 0 Å². The average Bonchev–Trinajstić information content (AvgIpc) is 2.79. The molecule has 2 heterocycles. The fourth-order valence-corrected chi connectivity index (χ4v) is 2.21. The number of hydrogen-bond donors (Lipinski definition) is 1. The fraction of sp³-hybridized carbons (Fsp3) is 0.455. The van der Waals surface area contributed by atoms with Crippen molar-refractivity contribution in [2.75, 3.05) is 11.9 Å². The molecule has 0 saturated carbocycles. The molecule has 0 unspecified atom stereocenters. The summed E-state index contributed by atoms with van der Waals surface area (Å²) < 4.78 is 5.34. The minimum Gasteiger partial charge on any atom is -0.463 e. The SMILES string of the molecule is CCCOc1nc(Cl)nc(NCc2cnc(C)s2)n1. The van der Waals surface area contributed by atoms with Gasteiger partial charge in [0.15, 0.2) is 0 Å². The van der Waals surface area contributed by atoms with E-state index in [1.54, 1.807) is 11.3 Å². The van der Waals surface area contributed by atoms with E-state index in [0.29, 0.717) is 19.1 Å². The molecule has 0 atom stereocenters. The lowest BCUT2D eigenvalue weighted by molar-refractivity contribution is 0.291. The van der Waals surface area contributed by atoms with Gasteiger partial charge in [0.25, 0.3) is 0 Å². The lowest BCUT2D eigenvalue weighted by atomic mass is 10.5. The van der Waals surface area contributed by atoms with Gasteiger partial charge in [0.2, 0.25) is 11.2 Å². The fourth-order valence-electron chi connectivity index (χ4n) is 1.32. The summed E-state index contributed by atoms with van der Waals surface area (Å²) in [5.41, 5.74) is 0. The normalized spacial score (nSPS) is 10.5. The summed E-state index contributed by atoms with van der Waals surface area (Å²) in [6.07, 6.45) is 2.70. The molecule has 2 aromatic rings. The number of thiazole rings is 1. The van der Waals surface area contributed by atoms with Crippen molar-refractivity contribution >= 4 is 28.9 Å². The summed E-state index contributed by atoms with van der Waals surface area (Å²) in [5, 5.41) is 4.22. The molecule has 0 aliphatic rings. The summed E-state index contributed by atoms with van der Waals surface area (Å²) in [6, 6.07) is 0.241. The molecule has 1 N–H and O–H groups in total. The van der Waals surface area contributed by atoms with Crippen LogP contribution in [0.15, 0.2) is 6.20 Å². The number of nitrogens with one attached hydrogen (secondary N) is 1. The van der Waals surface area contributed by atoms with Crippen molar-refractivity contribution in [3.05, 3.63) is 21.4 Å². The summed E-state index contributed by atoms with van der Waals surface area (Å²) in [7, 11) is 0. The highest BCUT2D eigenvalue weighted by molar-refractivity contribution is 7.11. The van der Waals surface area contributed by atoms with Crippen LogP contribution in [0.3, 0.4) is 0 Å². The van der Waals surface area contributed by atoms with Crippen LogP contribution >= 0.6 is 22.9 Å². The number of aryl methyl sites for hydroxylation is 1. The molecule has 0 bridgehead atoms. The van der Waals surface area contributed by atoms with Crippen molar-refractivity contribution in [3.63, 3.8) is 0 Å². The van der Waals surface area contributed by atoms with Crippen LogP contribution in [-0.2, 0) is 6.54 Å². The summed E-state index contributed by atoms with van der Waals surface area (Å²) in [5.74, 6) is 0.400. The molecule has 0 saturated heterocycles. The monoisotopic (exact) mass is 299 g/mol. The summed E-state index contributed by atoms with van der Waals surface area (Å²) >= 11 is 7.44. The molecule has 0 amide bonds. The molecule has 0 aromatic carbocycles. The van der Waals surface area contributed by atoms with Crippen LogP contribution in [0.4, 0.5) is 5.95 Å². The van der Waals surface area contributed by atoms with Crippen LogP contribution in [0.25, 0.3) is 0 Å². The van der Waals surface area contributed by atoms with E-state index in [-0.39, 0.29) is 11.3 Å². The lowest BCUT2D eigenvalue weighted by Crippen LogP contribution is -2.07. The van der Waals surface area contributed by atoms with E-state index in [4.69, 9.17) is 16.3 Å². The van der Waals surface area contributed by atoms with E-state index in [9.17, 15) is 0 Å². The van der Waals surface area contributed by atoms with Crippen LogP contribution in [0.1, 0.15) is 23.2 Å². The molecule has 102 valence electrons. The Morgan fingerprint density at radius 1 is 1.37 bits per heavy atom. The average molecular weight is 300 g/mol. The van der Waals surface area contributed by atoms with Crippen molar-refractivity contribution in [3.8, 4) is 6.01 Å². The molecular formula is C11H14ClN5OS. The number of aromatic nitrogens is 4. The highest BCUT2D eigenvalue weighted by atomic mass is 35.5. The summed E-state index contributed by atoms with van der Waals surface area (Å²) in [4.78, 5) is 17.3. The lowest BCUT2D eigenvalue weighted by Gasteiger charge is -2.06. The van der Waals surface area contributed by atoms with Crippen molar-refractivity contribution in [1.82, 2.24) is 19.9 Å². The molecule has 0 radical (unpaired) electrons. The first kappa shape index (κ1) is 14.0. The van der Waals surface area contributed by atoms with E-state index in [1.165, 1.54) is 0 Å². The Labute approximate surface area is 120 Å². The van der Waals surface area contributed by atoms with Gasteiger partial charge in [-0.1, -0.05) is 6.92 Å². The zero-order valence-electron chi connectivity index (χ0n) is 10.7. The topological polar surface area (TPSA) is 72.8 Å². The van der Waals surface area contributed by atoms with E-state index in [1.807, 2.05) is 20.0 Å². The van der Waals surface area contributed by atoms with Crippen molar-refractivity contribution < 1.29 is 4.74 Å². The Morgan fingerprint density at radius 3 is 2.89 bits per heavy atom. The van der Waals surface area contributed by atoms with Gasteiger partial charge in [-0.3, -0.25) is 0 Å². The molecule has 2 rings (SSSR count). The van der Waals surface area contributed by atoms with Gasteiger partial charge in [0.1, 0.15) is 0 Å². The first-order valence-corrected chi connectivity index (χ1v) is 7.06. The number of anilines is 1. The Bertz CT molecular complexity index is 548. The van der Waals surface area contributed by atoms with Gasteiger partial charge < -0.3 is 10.1 Å². The molecular weight excluding hydrogens is 286 g/mol. The first-order chi connectivity index (χ1) is 9.17. The van der Waals surface area contributed by atoms with Gasteiger partial charge in [0.05, 0.1) is 18.2 Å². The Balaban J connectivity index is 2.01. The number of nitrogens with zero attached hydrogens (tertiary/aromatic N) is 4.